The molecule has 2 aliphatic carbocycles. The molecule has 1 aromatic heterocycles. The van der Waals surface area contributed by atoms with Crippen molar-refractivity contribution in [3.63, 3.8) is 0 Å². The van der Waals surface area contributed by atoms with Gasteiger partial charge in [0.15, 0.2) is 0 Å². The van der Waals surface area contributed by atoms with Crippen LogP contribution in [0.2, 0.25) is 0 Å². The molecule has 0 unspecified atom stereocenters. The van der Waals surface area contributed by atoms with E-state index in [2.05, 4.69) is 11.0 Å². The van der Waals surface area contributed by atoms with Gasteiger partial charge in [0.2, 0.25) is 0 Å². The predicted molar refractivity (Wildman–Crippen MR) is 102 cm³/mol. The number of fused-ring (bicyclic) bond motifs is 1. The molecular weight excluding hydrogens is 322 g/mol. The van der Waals surface area contributed by atoms with Gasteiger partial charge >= 0.3 is 0 Å². The number of aromatic nitrogens is 2. The van der Waals surface area contributed by atoms with Crippen LogP contribution in [0.15, 0.2) is 36.4 Å². The summed E-state index contributed by atoms with van der Waals surface area (Å²) >= 11 is 0. The van der Waals surface area contributed by atoms with Crippen molar-refractivity contribution in [2.45, 2.75) is 63.3 Å². The zero-order valence-electron chi connectivity index (χ0n) is 15.3. The van der Waals surface area contributed by atoms with Crippen LogP contribution < -0.4 is 0 Å². The van der Waals surface area contributed by atoms with E-state index in [4.69, 9.17) is 5.10 Å². The van der Waals surface area contributed by atoms with Gasteiger partial charge in [-0.2, -0.15) is 5.10 Å². The Labute approximate surface area is 155 Å². The molecule has 2 heterocycles. The van der Waals surface area contributed by atoms with Gasteiger partial charge in [-0.1, -0.05) is 31.0 Å². The zero-order valence-corrected chi connectivity index (χ0v) is 15.3. The van der Waals surface area contributed by atoms with Gasteiger partial charge in [0.25, 0.3) is 5.91 Å². The monoisotopic (exact) mass is 349 g/mol. The van der Waals surface area contributed by atoms with Crippen LogP contribution in [0.3, 0.4) is 0 Å². The first-order valence-electron chi connectivity index (χ1n) is 10.3. The minimum Gasteiger partial charge on any atom is -0.334 e. The summed E-state index contributed by atoms with van der Waals surface area (Å²) in [5, 5.41) is 4.83. The largest absolute Gasteiger partial charge is 0.334 e. The van der Waals surface area contributed by atoms with Gasteiger partial charge in [-0.3, -0.25) is 4.79 Å². The molecule has 0 radical (unpaired) electrons. The van der Waals surface area contributed by atoms with E-state index in [1.54, 1.807) is 0 Å². The number of likely N-dealkylation sites (tertiary alicyclic amines) is 1. The number of carbonyl (C=O) groups excluding carboxylic acids is 1. The summed E-state index contributed by atoms with van der Waals surface area (Å²) in [4.78, 5) is 15.8. The molecule has 4 nitrogen and oxygen atoms in total. The fourth-order valence-corrected chi connectivity index (χ4v) is 4.92. The zero-order chi connectivity index (χ0) is 17.5. The van der Waals surface area contributed by atoms with Gasteiger partial charge in [0.1, 0.15) is 5.69 Å². The molecular formula is C22H27N3O. The first-order valence-corrected chi connectivity index (χ1v) is 10.3. The maximum Gasteiger partial charge on any atom is 0.272 e. The van der Waals surface area contributed by atoms with E-state index in [1.807, 2.05) is 35.0 Å². The Bertz CT molecular complexity index is 791. The SMILES string of the molecule is O=C(c1cc(C2CC2)nn1-c1ccccc1)N1CCC[C@@H]2CCCC[C@@H]21. The van der Waals surface area contributed by atoms with Crippen molar-refractivity contribution in [3.8, 4) is 5.69 Å². The van der Waals surface area contributed by atoms with E-state index >= 15 is 0 Å². The van der Waals surface area contributed by atoms with Crippen molar-refractivity contribution >= 4 is 5.91 Å². The molecule has 3 fully saturated rings. The van der Waals surface area contributed by atoms with Crippen molar-refractivity contribution in [3.05, 3.63) is 47.8 Å². The van der Waals surface area contributed by atoms with Crippen LogP contribution in [-0.2, 0) is 0 Å². The molecule has 2 atom stereocenters. The molecule has 5 rings (SSSR count). The molecule has 0 N–H and O–H groups in total. The summed E-state index contributed by atoms with van der Waals surface area (Å²) in [6.45, 7) is 0.902. The van der Waals surface area contributed by atoms with Crippen molar-refractivity contribution in [2.24, 2.45) is 5.92 Å². The highest BCUT2D eigenvalue weighted by Gasteiger charge is 2.38. The van der Waals surface area contributed by atoms with Crippen LogP contribution in [0.4, 0.5) is 0 Å². The summed E-state index contributed by atoms with van der Waals surface area (Å²) in [5.41, 5.74) is 2.83. The van der Waals surface area contributed by atoms with Gasteiger partial charge in [-0.05, 0) is 62.6 Å². The second-order valence-electron chi connectivity index (χ2n) is 8.23. The summed E-state index contributed by atoms with van der Waals surface area (Å²) in [5.74, 6) is 1.44. The molecule has 1 aliphatic heterocycles. The molecule has 0 bridgehead atoms. The lowest BCUT2D eigenvalue weighted by atomic mass is 9.78. The Morgan fingerprint density at radius 2 is 1.73 bits per heavy atom. The Balaban J connectivity index is 1.51. The number of carbonyl (C=O) groups is 1. The van der Waals surface area contributed by atoms with E-state index in [1.165, 1.54) is 44.9 Å². The average Bonchev–Trinajstić information content (AvgIpc) is 3.46. The first kappa shape index (κ1) is 16.1. The van der Waals surface area contributed by atoms with Crippen LogP contribution in [0.1, 0.15) is 73.5 Å². The Kier molecular flexibility index (Phi) is 4.07. The Morgan fingerprint density at radius 3 is 2.54 bits per heavy atom. The number of hydrogen-bond acceptors (Lipinski definition) is 2. The summed E-state index contributed by atoms with van der Waals surface area (Å²) in [6.07, 6.45) is 9.89. The normalized spacial score (nSPS) is 25.8. The lowest BCUT2D eigenvalue weighted by Gasteiger charge is -2.44. The second-order valence-corrected chi connectivity index (χ2v) is 8.23. The molecule has 26 heavy (non-hydrogen) atoms. The Hall–Kier alpha value is -2.10. The van der Waals surface area contributed by atoms with Crippen molar-refractivity contribution in [1.29, 1.82) is 0 Å². The summed E-state index contributed by atoms with van der Waals surface area (Å²) in [6, 6.07) is 12.6. The maximum absolute atomic E-state index is 13.6. The quantitative estimate of drug-likeness (QED) is 0.815. The highest BCUT2D eigenvalue weighted by Crippen LogP contribution is 2.40. The third-order valence-electron chi connectivity index (χ3n) is 6.45. The van der Waals surface area contributed by atoms with Gasteiger partial charge < -0.3 is 4.90 Å². The lowest BCUT2D eigenvalue weighted by Crippen LogP contribution is -2.50. The number of para-hydroxylation sites is 1. The first-order chi connectivity index (χ1) is 12.8. The van der Waals surface area contributed by atoms with Crippen molar-refractivity contribution in [2.75, 3.05) is 6.54 Å². The molecule has 2 saturated carbocycles. The maximum atomic E-state index is 13.6. The third kappa shape index (κ3) is 2.85. The summed E-state index contributed by atoms with van der Waals surface area (Å²) < 4.78 is 1.89. The number of piperidine rings is 1. The molecule has 136 valence electrons. The minimum atomic E-state index is 0.185. The standard InChI is InChI=1S/C22H27N3O/c26-22(24-14-6-8-17-7-4-5-11-20(17)24)21-15-19(16-12-13-16)23-25(21)18-9-2-1-3-10-18/h1-3,9-10,15-17,20H,4-8,11-14H2/t17-,20-/m0/s1. The van der Waals surface area contributed by atoms with Crippen LogP contribution in [0.5, 0.6) is 0 Å². The molecule has 3 aliphatic rings. The van der Waals surface area contributed by atoms with Gasteiger partial charge in [-0.15, -0.1) is 0 Å². The number of rotatable bonds is 3. The second kappa shape index (κ2) is 6.57. The van der Waals surface area contributed by atoms with E-state index < -0.39 is 0 Å². The summed E-state index contributed by atoms with van der Waals surface area (Å²) in [7, 11) is 0. The van der Waals surface area contributed by atoms with E-state index in [9.17, 15) is 4.79 Å². The lowest BCUT2D eigenvalue weighted by molar-refractivity contribution is 0.0382. The number of benzene rings is 1. The van der Waals surface area contributed by atoms with Crippen molar-refractivity contribution < 1.29 is 4.79 Å². The predicted octanol–water partition coefficient (Wildman–Crippen LogP) is 4.54. The molecule has 1 saturated heterocycles. The molecule has 1 aromatic carbocycles. The number of hydrogen-bond donors (Lipinski definition) is 0. The topological polar surface area (TPSA) is 38.1 Å². The minimum absolute atomic E-state index is 0.185. The molecule has 2 aromatic rings. The number of amides is 1. The van der Waals surface area contributed by atoms with Gasteiger partial charge in [0.05, 0.1) is 11.4 Å². The van der Waals surface area contributed by atoms with Gasteiger partial charge in [-0.25, -0.2) is 4.68 Å². The van der Waals surface area contributed by atoms with Crippen LogP contribution in [-0.4, -0.2) is 33.2 Å². The smallest absolute Gasteiger partial charge is 0.272 e. The van der Waals surface area contributed by atoms with E-state index in [0.29, 0.717) is 17.9 Å². The highest BCUT2D eigenvalue weighted by atomic mass is 16.2. The fourth-order valence-electron chi connectivity index (χ4n) is 4.92. The molecule has 1 amide bonds. The van der Waals surface area contributed by atoms with Crippen LogP contribution >= 0.6 is 0 Å². The molecule has 4 heteroatoms. The fraction of sp³-hybridized carbons (Fsp3) is 0.545. The van der Waals surface area contributed by atoms with Crippen molar-refractivity contribution in [1.82, 2.24) is 14.7 Å². The Morgan fingerprint density at radius 1 is 0.962 bits per heavy atom. The van der Waals surface area contributed by atoms with E-state index in [0.717, 1.165) is 30.0 Å². The average molecular weight is 349 g/mol. The van der Waals surface area contributed by atoms with Crippen LogP contribution in [0.25, 0.3) is 5.69 Å². The number of nitrogens with zero attached hydrogens (tertiary/aromatic N) is 3. The third-order valence-corrected chi connectivity index (χ3v) is 6.45. The van der Waals surface area contributed by atoms with Gasteiger partial charge in [0, 0.05) is 18.5 Å². The highest BCUT2D eigenvalue weighted by molar-refractivity contribution is 5.93. The molecule has 0 spiro atoms. The van der Waals surface area contributed by atoms with Crippen LogP contribution in [0, 0.1) is 5.92 Å². The van der Waals surface area contributed by atoms with E-state index in [-0.39, 0.29) is 5.91 Å².